The number of hydrogen-bond donors (Lipinski definition) is 0. The average Bonchev–Trinajstić information content (AvgIpc) is 2.95. The van der Waals surface area contributed by atoms with Crippen LogP contribution in [0.15, 0.2) is 72.9 Å². The van der Waals surface area contributed by atoms with Crippen molar-refractivity contribution in [1.29, 1.82) is 0 Å². The van der Waals surface area contributed by atoms with Crippen LogP contribution in [0, 0.1) is 25.5 Å². The molecule has 10 heteroatoms. The van der Waals surface area contributed by atoms with Crippen molar-refractivity contribution in [3.8, 4) is 28.6 Å². The number of alkyl halides is 3. The summed E-state index contributed by atoms with van der Waals surface area (Å²) in [5, 5.41) is 0.665. The summed E-state index contributed by atoms with van der Waals surface area (Å²) in [5.41, 5.74) is 0.856. The predicted octanol–water partition coefficient (Wildman–Crippen LogP) is 8.65. The molecule has 216 valence electrons. The smallest absolute Gasteiger partial charge is 0.418 e. The number of pyridine rings is 2. The topological polar surface area (TPSA) is 47.5 Å². The van der Waals surface area contributed by atoms with Gasteiger partial charge in [-0.25, -0.2) is 18.7 Å². The summed E-state index contributed by atoms with van der Waals surface area (Å²) in [6, 6.07) is 18.5. The van der Waals surface area contributed by atoms with Crippen LogP contribution in [0.25, 0.3) is 22.2 Å². The second-order valence-electron chi connectivity index (χ2n) is 9.91. The summed E-state index contributed by atoms with van der Waals surface area (Å²) in [6.45, 7) is 2.78. The Balaban J connectivity index is 1.74. The summed E-state index contributed by atoms with van der Waals surface area (Å²) in [5.74, 6) is -2.17. The Morgan fingerprint density at radius 1 is 0.857 bits per heavy atom. The molecule has 0 radical (unpaired) electrons. The first-order valence-corrected chi connectivity index (χ1v) is 12.9. The number of nitrogens with zero attached hydrogens (tertiary/aromatic N) is 3. The number of halogens is 5. The van der Waals surface area contributed by atoms with Crippen molar-refractivity contribution in [2.24, 2.45) is 0 Å². The summed E-state index contributed by atoms with van der Waals surface area (Å²) in [6.07, 6.45) is -4.06. The van der Waals surface area contributed by atoms with Crippen LogP contribution in [0.4, 0.5) is 27.6 Å². The van der Waals surface area contributed by atoms with Crippen LogP contribution in [0.2, 0.25) is 0 Å². The van der Waals surface area contributed by atoms with Gasteiger partial charge in [-0.1, -0.05) is 36.4 Å². The first-order chi connectivity index (χ1) is 20.0. The lowest BCUT2D eigenvalue weighted by atomic mass is 10.0. The molecule has 0 N–H and O–H groups in total. The van der Waals surface area contributed by atoms with E-state index in [1.54, 1.807) is 18.2 Å². The molecule has 0 amide bonds. The fourth-order valence-corrected chi connectivity index (χ4v) is 4.68. The highest BCUT2D eigenvalue weighted by atomic mass is 19.4. The molecule has 0 unspecified atom stereocenters. The molecule has 0 bridgehead atoms. The van der Waals surface area contributed by atoms with Gasteiger partial charge in [0.15, 0.2) is 11.6 Å². The first kappa shape index (κ1) is 28.8. The van der Waals surface area contributed by atoms with Crippen LogP contribution in [0.3, 0.4) is 0 Å². The maximum atomic E-state index is 14.3. The van der Waals surface area contributed by atoms with Crippen LogP contribution in [0.5, 0.6) is 17.4 Å². The lowest BCUT2D eigenvalue weighted by Gasteiger charge is -2.21. The summed E-state index contributed by atoms with van der Waals surface area (Å²) in [7, 11) is 3.72. The third kappa shape index (κ3) is 5.57. The quantitative estimate of drug-likeness (QED) is 0.181. The molecule has 0 aliphatic heterocycles. The fourth-order valence-electron chi connectivity index (χ4n) is 4.68. The van der Waals surface area contributed by atoms with E-state index >= 15 is 0 Å². The number of benzene rings is 3. The number of aromatic nitrogens is 2. The number of anilines is 1. The zero-order valence-corrected chi connectivity index (χ0v) is 23.2. The molecule has 0 spiro atoms. The second-order valence-corrected chi connectivity index (χ2v) is 9.91. The van der Waals surface area contributed by atoms with Crippen molar-refractivity contribution >= 4 is 16.6 Å². The van der Waals surface area contributed by atoms with Gasteiger partial charge in [0.25, 0.3) is 0 Å². The Morgan fingerprint density at radius 2 is 1.60 bits per heavy atom. The van der Waals surface area contributed by atoms with E-state index in [1.807, 2.05) is 55.4 Å². The molecule has 2 heterocycles. The molecule has 5 nitrogen and oxygen atoms in total. The Bertz CT molecular complexity index is 1770. The zero-order valence-electron chi connectivity index (χ0n) is 23.2. The summed E-state index contributed by atoms with van der Waals surface area (Å²) < 4.78 is 82.3. The summed E-state index contributed by atoms with van der Waals surface area (Å²) in [4.78, 5) is 10.6. The van der Waals surface area contributed by atoms with E-state index < -0.39 is 23.4 Å². The van der Waals surface area contributed by atoms with Crippen molar-refractivity contribution in [3.63, 3.8) is 0 Å². The lowest BCUT2D eigenvalue weighted by Crippen LogP contribution is -2.11. The fraction of sp³-hybridized carbons (Fsp3) is 0.188. The average molecular weight is 580 g/mol. The van der Waals surface area contributed by atoms with Crippen molar-refractivity contribution < 1.29 is 31.4 Å². The van der Waals surface area contributed by atoms with E-state index in [0.29, 0.717) is 22.8 Å². The normalized spacial score (nSPS) is 11.5. The molecule has 3 aromatic carbocycles. The highest BCUT2D eigenvalue weighted by Gasteiger charge is 2.35. The Kier molecular flexibility index (Phi) is 7.73. The molecular weight excluding hydrogens is 553 g/mol. The van der Waals surface area contributed by atoms with Crippen LogP contribution in [-0.2, 0) is 12.8 Å². The highest BCUT2D eigenvalue weighted by molar-refractivity contribution is 5.98. The highest BCUT2D eigenvalue weighted by Crippen LogP contribution is 2.44. The molecule has 0 aliphatic rings. The second kappa shape index (κ2) is 11.3. The molecular formula is C32H26F5N3O2. The van der Waals surface area contributed by atoms with Gasteiger partial charge >= 0.3 is 6.18 Å². The van der Waals surface area contributed by atoms with E-state index in [-0.39, 0.29) is 40.6 Å². The molecule has 2 aromatic heterocycles. The standard InChI is InChI=1S/C32H26F5N3O2/c1-18-21(32(35,36)37)16-38-31(42-26-14-13-22(33)30(34)19(26)2)28(18)24-15-27(41-17-20-9-6-5-7-10-20)29-23(39-24)11-8-12-25(29)40(3)4/h5-16H,17H2,1-4H3. The van der Waals surface area contributed by atoms with Crippen LogP contribution < -0.4 is 14.4 Å². The maximum Gasteiger partial charge on any atom is 0.418 e. The SMILES string of the molecule is Cc1c(Oc2ncc(C(F)(F)F)c(C)c2-c2cc(OCc3ccccc3)c3c(N(C)C)cccc3n2)ccc(F)c1F. The molecule has 0 saturated heterocycles. The van der Waals surface area contributed by atoms with Crippen molar-refractivity contribution in [2.75, 3.05) is 19.0 Å². The molecule has 5 rings (SSSR count). The molecule has 0 atom stereocenters. The number of rotatable bonds is 7. The Hall–Kier alpha value is -4.73. The van der Waals surface area contributed by atoms with Gasteiger partial charge in [0, 0.05) is 37.6 Å². The Morgan fingerprint density at radius 3 is 2.29 bits per heavy atom. The minimum atomic E-state index is -4.72. The van der Waals surface area contributed by atoms with E-state index in [1.165, 1.54) is 19.9 Å². The van der Waals surface area contributed by atoms with Gasteiger partial charge in [0.1, 0.15) is 18.1 Å². The van der Waals surface area contributed by atoms with Gasteiger partial charge in [-0.05, 0) is 49.2 Å². The monoisotopic (exact) mass is 579 g/mol. The molecule has 0 aliphatic carbocycles. The van der Waals surface area contributed by atoms with Crippen LogP contribution in [-0.4, -0.2) is 24.1 Å². The van der Waals surface area contributed by atoms with Gasteiger partial charge in [-0.3, -0.25) is 0 Å². The molecule has 42 heavy (non-hydrogen) atoms. The summed E-state index contributed by atoms with van der Waals surface area (Å²) >= 11 is 0. The third-order valence-corrected chi connectivity index (χ3v) is 6.86. The zero-order chi connectivity index (χ0) is 30.2. The van der Waals surface area contributed by atoms with Gasteiger partial charge in [-0.2, -0.15) is 13.2 Å². The Labute approximate surface area is 239 Å². The minimum Gasteiger partial charge on any atom is -0.488 e. The number of ether oxygens (including phenoxy) is 2. The van der Waals surface area contributed by atoms with Crippen molar-refractivity contribution in [3.05, 3.63) is 107 Å². The third-order valence-electron chi connectivity index (χ3n) is 6.86. The van der Waals surface area contributed by atoms with Gasteiger partial charge in [0.05, 0.1) is 27.7 Å². The van der Waals surface area contributed by atoms with E-state index in [2.05, 4.69) is 4.98 Å². The maximum absolute atomic E-state index is 14.3. The van der Waals surface area contributed by atoms with Gasteiger partial charge < -0.3 is 14.4 Å². The van der Waals surface area contributed by atoms with E-state index in [0.717, 1.165) is 17.3 Å². The predicted molar refractivity (Wildman–Crippen MR) is 151 cm³/mol. The number of hydrogen-bond acceptors (Lipinski definition) is 5. The van der Waals surface area contributed by atoms with Crippen LogP contribution in [0.1, 0.15) is 22.3 Å². The van der Waals surface area contributed by atoms with Gasteiger partial charge in [-0.15, -0.1) is 0 Å². The van der Waals surface area contributed by atoms with Gasteiger partial charge in [0.2, 0.25) is 5.88 Å². The van der Waals surface area contributed by atoms with Crippen LogP contribution >= 0.6 is 0 Å². The molecule has 5 aromatic rings. The molecule has 0 saturated carbocycles. The van der Waals surface area contributed by atoms with Crippen molar-refractivity contribution in [1.82, 2.24) is 9.97 Å². The van der Waals surface area contributed by atoms with E-state index in [4.69, 9.17) is 14.5 Å². The molecule has 0 fully saturated rings. The lowest BCUT2D eigenvalue weighted by molar-refractivity contribution is -0.138. The van der Waals surface area contributed by atoms with E-state index in [9.17, 15) is 22.0 Å². The van der Waals surface area contributed by atoms with Crippen molar-refractivity contribution in [2.45, 2.75) is 26.6 Å². The first-order valence-electron chi connectivity index (χ1n) is 12.9. The largest absolute Gasteiger partial charge is 0.488 e. The minimum absolute atomic E-state index is 0.0596. The number of fused-ring (bicyclic) bond motifs is 1.